The van der Waals surface area contributed by atoms with Crippen molar-refractivity contribution >= 4 is 11.6 Å². The van der Waals surface area contributed by atoms with Gasteiger partial charge < -0.3 is 10.1 Å². The third kappa shape index (κ3) is 3.64. The first-order chi connectivity index (χ1) is 13.2. The lowest BCUT2D eigenvalue weighted by molar-refractivity contribution is 0.102. The molecule has 2 heterocycles. The number of benzene rings is 1. The molecule has 27 heavy (non-hydrogen) atoms. The summed E-state index contributed by atoms with van der Waals surface area (Å²) in [5, 5.41) is 15.0. The number of hydrogen-bond donors (Lipinski definition) is 1. The Morgan fingerprint density at radius 3 is 2.85 bits per heavy atom. The molecule has 1 N–H and O–H groups in total. The van der Waals surface area contributed by atoms with Gasteiger partial charge in [-0.3, -0.25) is 4.79 Å². The number of ether oxygens (including phenoxy) is 1. The van der Waals surface area contributed by atoms with Crippen molar-refractivity contribution in [2.24, 2.45) is 0 Å². The molecule has 1 fully saturated rings. The third-order valence-electron chi connectivity index (χ3n) is 4.41. The number of carbonyl (C=O) groups is 1. The van der Waals surface area contributed by atoms with Crippen LogP contribution in [0.3, 0.4) is 0 Å². The Kier molecular flexibility index (Phi) is 4.53. The average Bonchev–Trinajstić information content (AvgIpc) is 3.41. The van der Waals surface area contributed by atoms with E-state index < -0.39 is 0 Å². The minimum absolute atomic E-state index is 0.234. The molecule has 0 spiro atoms. The number of pyridine rings is 1. The molecule has 0 bridgehead atoms. The van der Waals surface area contributed by atoms with Crippen LogP contribution in [0.1, 0.15) is 41.7 Å². The van der Waals surface area contributed by atoms with Crippen LogP contribution in [0.2, 0.25) is 0 Å². The van der Waals surface area contributed by atoms with E-state index in [0.29, 0.717) is 29.8 Å². The number of nitrogens with one attached hydrogen (secondary N) is 1. The molecule has 138 valence electrons. The van der Waals surface area contributed by atoms with Gasteiger partial charge in [-0.1, -0.05) is 6.07 Å². The average molecular weight is 364 g/mol. The Balaban J connectivity index is 1.55. The van der Waals surface area contributed by atoms with E-state index in [9.17, 15) is 4.79 Å². The van der Waals surface area contributed by atoms with Crippen LogP contribution in [0.15, 0.2) is 36.5 Å². The van der Waals surface area contributed by atoms with E-state index in [-0.39, 0.29) is 5.91 Å². The Morgan fingerprint density at radius 2 is 2.15 bits per heavy atom. The largest absolute Gasteiger partial charge is 0.478 e. The second-order valence-corrected chi connectivity index (χ2v) is 6.48. The summed E-state index contributed by atoms with van der Waals surface area (Å²) >= 11 is 0. The second-order valence-electron chi connectivity index (χ2n) is 6.48. The van der Waals surface area contributed by atoms with Crippen LogP contribution in [0.25, 0.3) is 11.4 Å². The summed E-state index contributed by atoms with van der Waals surface area (Å²) in [7, 11) is 0. The first-order valence-electron chi connectivity index (χ1n) is 8.95. The molecule has 1 aliphatic rings. The van der Waals surface area contributed by atoms with Gasteiger partial charge in [0.25, 0.3) is 5.91 Å². The van der Waals surface area contributed by atoms with E-state index in [2.05, 4.69) is 25.8 Å². The van der Waals surface area contributed by atoms with Gasteiger partial charge in [-0.25, -0.2) is 9.67 Å². The van der Waals surface area contributed by atoms with Crippen molar-refractivity contribution in [2.75, 3.05) is 11.9 Å². The van der Waals surface area contributed by atoms with Crippen LogP contribution in [-0.4, -0.2) is 37.7 Å². The zero-order chi connectivity index (χ0) is 18.8. The lowest BCUT2D eigenvalue weighted by atomic mass is 10.1. The minimum Gasteiger partial charge on any atom is -0.478 e. The highest BCUT2D eigenvalue weighted by atomic mass is 16.5. The van der Waals surface area contributed by atoms with Gasteiger partial charge >= 0.3 is 0 Å². The first-order valence-corrected chi connectivity index (χ1v) is 8.95. The molecule has 3 aromatic rings. The molecule has 0 atom stereocenters. The molecule has 1 aliphatic carbocycles. The number of tetrazole rings is 1. The molecular formula is C19H20N6O2. The van der Waals surface area contributed by atoms with E-state index in [1.54, 1.807) is 12.1 Å². The van der Waals surface area contributed by atoms with Crippen LogP contribution in [0.5, 0.6) is 5.88 Å². The van der Waals surface area contributed by atoms with Crippen LogP contribution in [0.4, 0.5) is 5.69 Å². The van der Waals surface area contributed by atoms with Crippen LogP contribution in [0, 0.1) is 6.92 Å². The fourth-order valence-corrected chi connectivity index (χ4v) is 2.83. The standard InChI is InChI=1S/C19H20N6O2/c1-3-27-17-9-5-13(11-20-17)19(26)21-14-6-4-12(2)16(10-14)18-22-23-24-25(18)15-7-8-15/h4-6,9-11,15H,3,7-8H2,1-2H3,(H,21,26). The van der Waals surface area contributed by atoms with Gasteiger partial charge in [-0.05, 0) is 60.9 Å². The van der Waals surface area contributed by atoms with Crippen molar-refractivity contribution in [3.05, 3.63) is 47.7 Å². The van der Waals surface area contributed by atoms with Gasteiger partial charge in [0.1, 0.15) is 0 Å². The number of hydrogen-bond acceptors (Lipinski definition) is 6. The van der Waals surface area contributed by atoms with Gasteiger partial charge in [0.05, 0.1) is 18.2 Å². The summed E-state index contributed by atoms with van der Waals surface area (Å²) in [5.41, 5.74) is 3.10. The Morgan fingerprint density at radius 1 is 1.30 bits per heavy atom. The molecule has 8 heteroatoms. The van der Waals surface area contributed by atoms with Gasteiger partial charge in [-0.2, -0.15) is 0 Å². The Labute approximate surface area is 156 Å². The SMILES string of the molecule is CCOc1ccc(C(=O)Nc2ccc(C)c(-c3nnnn3C3CC3)c2)cn1. The quantitative estimate of drug-likeness (QED) is 0.722. The van der Waals surface area contributed by atoms with Crippen molar-refractivity contribution in [2.45, 2.75) is 32.7 Å². The Bertz CT molecular complexity index is 963. The summed E-state index contributed by atoms with van der Waals surface area (Å²) in [5.74, 6) is 0.995. The molecule has 2 aromatic heterocycles. The van der Waals surface area contributed by atoms with Crippen molar-refractivity contribution in [1.82, 2.24) is 25.2 Å². The molecule has 1 amide bonds. The number of nitrogens with zero attached hydrogens (tertiary/aromatic N) is 5. The molecule has 8 nitrogen and oxygen atoms in total. The van der Waals surface area contributed by atoms with Crippen molar-refractivity contribution in [1.29, 1.82) is 0 Å². The second kappa shape index (κ2) is 7.14. The first kappa shape index (κ1) is 17.1. The molecule has 0 radical (unpaired) electrons. The van der Waals surface area contributed by atoms with Crippen LogP contribution >= 0.6 is 0 Å². The van der Waals surface area contributed by atoms with Crippen LogP contribution in [-0.2, 0) is 0 Å². The third-order valence-corrected chi connectivity index (χ3v) is 4.41. The molecular weight excluding hydrogens is 344 g/mol. The summed E-state index contributed by atoms with van der Waals surface area (Å²) < 4.78 is 7.17. The fraction of sp³-hybridized carbons (Fsp3) is 0.316. The number of anilines is 1. The highest BCUT2D eigenvalue weighted by Crippen LogP contribution is 2.37. The molecule has 0 unspecified atom stereocenters. The topological polar surface area (TPSA) is 94.8 Å². The number of amides is 1. The molecule has 4 rings (SSSR count). The lowest BCUT2D eigenvalue weighted by Gasteiger charge is -2.10. The molecule has 0 aliphatic heterocycles. The number of carbonyl (C=O) groups excluding carboxylic acids is 1. The summed E-state index contributed by atoms with van der Waals surface area (Å²) in [6.07, 6.45) is 3.69. The number of aryl methyl sites for hydroxylation is 1. The van der Waals surface area contributed by atoms with Gasteiger partial charge in [0.2, 0.25) is 5.88 Å². The Hall–Kier alpha value is -3.29. The predicted molar refractivity (Wildman–Crippen MR) is 99.6 cm³/mol. The highest BCUT2D eigenvalue weighted by molar-refractivity contribution is 6.04. The smallest absolute Gasteiger partial charge is 0.257 e. The molecule has 1 aromatic carbocycles. The van der Waals surface area contributed by atoms with E-state index >= 15 is 0 Å². The van der Waals surface area contributed by atoms with E-state index in [1.807, 2.05) is 36.7 Å². The van der Waals surface area contributed by atoms with E-state index in [0.717, 1.165) is 29.8 Å². The maximum absolute atomic E-state index is 12.5. The van der Waals surface area contributed by atoms with E-state index in [1.165, 1.54) is 6.20 Å². The van der Waals surface area contributed by atoms with Crippen molar-refractivity contribution in [3.63, 3.8) is 0 Å². The number of rotatable bonds is 6. The summed E-state index contributed by atoms with van der Waals surface area (Å²) in [6, 6.07) is 9.47. The maximum Gasteiger partial charge on any atom is 0.257 e. The highest BCUT2D eigenvalue weighted by Gasteiger charge is 2.28. The fourth-order valence-electron chi connectivity index (χ4n) is 2.83. The molecule has 1 saturated carbocycles. The lowest BCUT2D eigenvalue weighted by Crippen LogP contribution is -2.12. The zero-order valence-electron chi connectivity index (χ0n) is 15.2. The van der Waals surface area contributed by atoms with Crippen molar-refractivity contribution < 1.29 is 9.53 Å². The number of aromatic nitrogens is 5. The zero-order valence-corrected chi connectivity index (χ0v) is 15.2. The normalized spacial score (nSPS) is 13.4. The van der Waals surface area contributed by atoms with Crippen LogP contribution < -0.4 is 10.1 Å². The van der Waals surface area contributed by atoms with Gasteiger partial charge in [0.15, 0.2) is 5.82 Å². The minimum atomic E-state index is -0.234. The van der Waals surface area contributed by atoms with Crippen molar-refractivity contribution in [3.8, 4) is 17.3 Å². The van der Waals surface area contributed by atoms with Gasteiger partial charge in [-0.15, -0.1) is 5.10 Å². The van der Waals surface area contributed by atoms with Gasteiger partial charge in [0, 0.05) is 23.5 Å². The summed E-state index contributed by atoms with van der Waals surface area (Å²) in [6.45, 7) is 4.42. The summed E-state index contributed by atoms with van der Waals surface area (Å²) in [4.78, 5) is 16.6. The van der Waals surface area contributed by atoms with E-state index in [4.69, 9.17) is 4.74 Å². The maximum atomic E-state index is 12.5. The predicted octanol–water partition coefficient (Wildman–Crippen LogP) is 3.03. The molecule has 0 saturated heterocycles. The monoisotopic (exact) mass is 364 g/mol.